The second kappa shape index (κ2) is 20.5. The van der Waals surface area contributed by atoms with E-state index in [1.54, 1.807) is 0 Å². The summed E-state index contributed by atoms with van der Waals surface area (Å²) in [6.07, 6.45) is -5.37. The average Bonchev–Trinajstić information content (AvgIpc) is 2.40. The predicted octanol–water partition coefficient (Wildman–Crippen LogP) is -7.53. The molecular formula is C12H20MoO12. The van der Waals surface area contributed by atoms with Crippen molar-refractivity contribution >= 4 is 23.9 Å². The van der Waals surface area contributed by atoms with Crippen molar-refractivity contribution in [2.24, 2.45) is 0 Å². The van der Waals surface area contributed by atoms with E-state index in [-0.39, 0.29) is 21.1 Å². The largest absolute Gasteiger partial charge is 4.00 e. The van der Waals surface area contributed by atoms with Crippen LogP contribution in [0.4, 0.5) is 0 Å². The zero-order chi connectivity index (χ0) is 20.6. The molecule has 146 valence electrons. The summed E-state index contributed by atoms with van der Waals surface area (Å²) in [5, 5.41) is 69.2. The number of aliphatic carboxylic acids is 4. The molecule has 0 spiro atoms. The normalized spacial score (nSPS) is 13.1. The van der Waals surface area contributed by atoms with E-state index in [0.29, 0.717) is 0 Å². The number of hydrogen-bond acceptors (Lipinski definition) is 12. The van der Waals surface area contributed by atoms with E-state index >= 15 is 0 Å². The van der Waals surface area contributed by atoms with Crippen LogP contribution >= 0.6 is 0 Å². The number of carboxylic acids is 4. The first-order valence-electron chi connectivity index (χ1n) is 6.13. The quantitative estimate of drug-likeness (QED) is 0.291. The van der Waals surface area contributed by atoms with Crippen LogP contribution in [0, 0.1) is 0 Å². The summed E-state index contributed by atoms with van der Waals surface area (Å²) in [6.45, 7) is 4.54. The van der Waals surface area contributed by atoms with Crippen molar-refractivity contribution in [3.05, 3.63) is 0 Å². The Hall–Kier alpha value is -1.59. The van der Waals surface area contributed by atoms with Crippen LogP contribution in [0.3, 0.4) is 0 Å². The van der Waals surface area contributed by atoms with Crippen LogP contribution in [-0.2, 0) is 40.2 Å². The van der Waals surface area contributed by atoms with E-state index < -0.39 is 48.3 Å². The van der Waals surface area contributed by atoms with Crippen LogP contribution < -0.4 is 20.4 Å². The fourth-order valence-electron chi connectivity index (χ4n) is 0. The Morgan fingerprint density at radius 1 is 0.520 bits per heavy atom. The van der Waals surface area contributed by atoms with Crippen LogP contribution in [0.2, 0.25) is 0 Å². The van der Waals surface area contributed by atoms with Gasteiger partial charge in [0.15, 0.2) is 0 Å². The molecule has 0 amide bonds. The molecule has 13 heteroatoms. The first-order chi connectivity index (χ1) is 10.6. The van der Waals surface area contributed by atoms with Crippen molar-refractivity contribution in [3.63, 3.8) is 0 Å². The molecule has 0 aliphatic heterocycles. The van der Waals surface area contributed by atoms with Gasteiger partial charge in [0.05, 0.1) is 48.3 Å². The molecule has 0 saturated heterocycles. The minimum absolute atomic E-state index is 0. The molecule has 0 saturated carbocycles. The first kappa shape index (κ1) is 34.7. The molecule has 0 aliphatic rings. The SMILES string of the molecule is CC(O)C(=O)[O-].CC(O)C(=O)[O-].CC(O)C(=O)[O-].CC(O)C(=O)[O-].[Mo+4]. The number of rotatable bonds is 4. The number of carbonyl (C=O) groups is 4. The van der Waals surface area contributed by atoms with Gasteiger partial charge in [0.1, 0.15) is 0 Å². The smallest absolute Gasteiger partial charge is 0.547 e. The van der Waals surface area contributed by atoms with Crippen LogP contribution in [0.15, 0.2) is 0 Å². The van der Waals surface area contributed by atoms with Gasteiger partial charge in [-0.25, -0.2) is 0 Å². The third kappa shape index (κ3) is 45.0. The number of hydrogen-bond donors (Lipinski definition) is 4. The minimum Gasteiger partial charge on any atom is -0.547 e. The van der Waals surface area contributed by atoms with Crippen molar-refractivity contribution in [1.29, 1.82) is 0 Å². The minimum atomic E-state index is -1.44. The monoisotopic (exact) mass is 454 g/mol. The Morgan fingerprint density at radius 3 is 0.560 bits per heavy atom. The van der Waals surface area contributed by atoms with Crippen molar-refractivity contribution < 1.29 is 81.1 Å². The summed E-state index contributed by atoms with van der Waals surface area (Å²) < 4.78 is 0. The molecule has 4 N–H and O–H groups in total. The Morgan fingerprint density at radius 2 is 0.560 bits per heavy atom. The van der Waals surface area contributed by atoms with Crippen LogP contribution in [0.25, 0.3) is 0 Å². The van der Waals surface area contributed by atoms with Gasteiger partial charge in [0, 0.05) is 0 Å². The number of carboxylic acid groups (broad SMARTS) is 4. The second-order valence-corrected chi connectivity index (χ2v) is 3.98. The summed E-state index contributed by atoms with van der Waals surface area (Å²) >= 11 is 0. The molecule has 4 atom stereocenters. The van der Waals surface area contributed by atoms with E-state index in [2.05, 4.69) is 0 Å². The van der Waals surface area contributed by atoms with E-state index in [0.717, 1.165) is 27.7 Å². The van der Waals surface area contributed by atoms with Gasteiger partial charge in [-0.3, -0.25) is 0 Å². The summed E-state index contributed by atoms with van der Waals surface area (Å²) in [5.74, 6) is -5.74. The van der Waals surface area contributed by atoms with Crippen molar-refractivity contribution in [1.82, 2.24) is 0 Å². The third-order valence-corrected chi connectivity index (χ3v) is 1.36. The van der Waals surface area contributed by atoms with Gasteiger partial charge in [0.2, 0.25) is 0 Å². The maximum absolute atomic E-state index is 9.34. The van der Waals surface area contributed by atoms with E-state index in [1.807, 2.05) is 0 Å². The van der Waals surface area contributed by atoms with Gasteiger partial charge in [-0.1, -0.05) is 0 Å². The van der Waals surface area contributed by atoms with Crippen LogP contribution in [-0.4, -0.2) is 68.7 Å². The Kier molecular flexibility index (Phi) is 28.4. The molecule has 0 aromatic rings. The van der Waals surface area contributed by atoms with Crippen LogP contribution in [0.1, 0.15) is 27.7 Å². The number of aliphatic hydroxyl groups excluding tert-OH is 4. The van der Waals surface area contributed by atoms with Gasteiger partial charge >= 0.3 is 21.1 Å². The predicted molar refractivity (Wildman–Crippen MR) is 66.8 cm³/mol. The van der Waals surface area contributed by atoms with E-state index in [1.165, 1.54) is 0 Å². The van der Waals surface area contributed by atoms with Crippen molar-refractivity contribution in [3.8, 4) is 0 Å². The van der Waals surface area contributed by atoms with Gasteiger partial charge in [-0.2, -0.15) is 0 Å². The Bertz CT molecular complexity index is 306. The first-order valence-corrected chi connectivity index (χ1v) is 6.13. The average molecular weight is 452 g/mol. The fourth-order valence-corrected chi connectivity index (χ4v) is 0. The molecule has 25 heavy (non-hydrogen) atoms. The van der Waals surface area contributed by atoms with Gasteiger partial charge in [-0.05, 0) is 27.7 Å². The summed E-state index contributed by atoms with van der Waals surface area (Å²) in [5.41, 5.74) is 0. The Labute approximate surface area is 157 Å². The standard InChI is InChI=1S/4C3H6O3.Mo/c4*1-2(4)3(5)6;/h4*2,4H,1H3,(H,5,6);/q;;;;+4/p-4. The molecule has 0 rings (SSSR count). The molecular weight excluding hydrogens is 432 g/mol. The van der Waals surface area contributed by atoms with Gasteiger partial charge in [0.25, 0.3) is 0 Å². The molecule has 0 radical (unpaired) electrons. The number of aliphatic hydroxyl groups is 4. The van der Waals surface area contributed by atoms with Gasteiger partial charge in [-0.15, -0.1) is 0 Å². The second-order valence-electron chi connectivity index (χ2n) is 3.98. The zero-order valence-electron chi connectivity index (χ0n) is 13.8. The third-order valence-electron chi connectivity index (χ3n) is 1.36. The van der Waals surface area contributed by atoms with Crippen molar-refractivity contribution in [2.75, 3.05) is 0 Å². The zero-order valence-corrected chi connectivity index (χ0v) is 15.8. The maximum Gasteiger partial charge on any atom is 4.00 e. The van der Waals surface area contributed by atoms with Crippen molar-refractivity contribution in [2.45, 2.75) is 52.1 Å². The molecule has 12 nitrogen and oxygen atoms in total. The van der Waals surface area contributed by atoms with Crippen LogP contribution in [0.5, 0.6) is 0 Å². The van der Waals surface area contributed by atoms with E-state index in [4.69, 9.17) is 20.4 Å². The molecule has 0 heterocycles. The summed E-state index contributed by atoms with van der Waals surface area (Å²) in [7, 11) is 0. The van der Waals surface area contributed by atoms with E-state index in [9.17, 15) is 39.6 Å². The molecule has 0 aromatic carbocycles. The van der Waals surface area contributed by atoms with Gasteiger partial charge < -0.3 is 60.0 Å². The number of carbonyl (C=O) groups excluding carboxylic acids is 4. The molecule has 0 fully saturated rings. The summed E-state index contributed by atoms with van der Waals surface area (Å²) in [4.78, 5) is 37.4. The fraction of sp³-hybridized carbons (Fsp3) is 0.667. The molecule has 0 aliphatic carbocycles. The molecule has 4 unspecified atom stereocenters. The molecule has 0 aromatic heterocycles. The summed E-state index contributed by atoms with van der Waals surface area (Å²) in [6, 6.07) is 0. The Balaban J connectivity index is -0.0000000702. The maximum atomic E-state index is 9.34. The topological polar surface area (TPSA) is 241 Å². The molecule has 0 bridgehead atoms.